The van der Waals surface area contributed by atoms with E-state index in [1.54, 1.807) is 18.5 Å². The lowest BCUT2D eigenvalue weighted by atomic mass is 9.88. The number of allylic oxidation sites excluding steroid dienone is 1. The number of ketones is 1. The molecule has 0 aromatic carbocycles. The molecule has 0 amide bonds. The zero-order valence-corrected chi connectivity index (χ0v) is 11.2. The van der Waals surface area contributed by atoms with Crippen molar-refractivity contribution in [1.29, 1.82) is 0 Å². The third-order valence-electron chi connectivity index (χ3n) is 2.59. The Morgan fingerprint density at radius 3 is 2.42 bits per heavy atom. The van der Waals surface area contributed by atoms with Gasteiger partial charge >= 0.3 is 0 Å². The highest BCUT2D eigenvalue weighted by molar-refractivity contribution is 6.21. The van der Waals surface area contributed by atoms with Gasteiger partial charge in [-0.3, -0.25) is 9.78 Å². The van der Waals surface area contributed by atoms with Gasteiger partial charge in [0.2, 0.25) is 0 Å². The number of nitrogens with zero attached hydrogens (tertiary/aromatic N) is 4. The molecule has 0 atom stereocenters. The molecule has 5 nitrogen and oxygen atoms in total. The van der Waals surface area contributed by atoms with Crippen LogP contribution in [0.3, 0.4) is 0 Å². The van der Waals surface area contributed by atoms with E-state index in [0.29, 0.717) is 5.70 Å². The van der Waals surface area contributed by atoms with E-state index in [0.717, 1.165) is 5.56 Å². The van der Waals surface area contributed by atoms with Crippen LogP contribution >= 0.6 is 0 Å². The van der Waals surface area contributed by atoms with Gasteiger partial charge in [-0.2, -0.15) is 5.10 Å². The molecule has 2 rings (SSSR count). The van der Waals surface area contributed by atoms with Gasteiger partial charge in [-0.15, -0.1) is 0 Å². The summed E-state index contributed by atoms with van der Waals surface area (Å²) in [6, 6.07) is 3.68. The van der Waals surface area contributed by atoms with E-state index in [1.165, 1.54) is 17.3 Å². The minimum Gasteiger partial charge on any atom is -0.292 e. The van der Waals surface area contributed by atoms with Crippen molar-refractivity contribution in [3.63, 3.8) is 0 Å². The molecular formula is C14H16N4O. The standard InChI is InChI=1S/C14H16N4O/c1-14(2,3)13(19)12(18-10-16-9-17-18)8-11-4-6-15-7-5-11/h4-10H,1-3H3/b12-8+. The first-order valence-corrected chi connectivity index (χ1v) is 6.00. The summed E-state index contributed by atoms with van der Waals surface area (Å²) in [7, 11) is 0. The van der Waals surface area contributed by atoms with Crippen molar-refractivity contribution in [3.05, 3.63) is 42.7 Å². The molecule has 2 aromatic heterocycles. The lowest BCUT2D eigenvalue weighted by molar-refractivity contribution is -0.120. The number of pyridine rings is 1. The Labute approximate surface area is 112 Å². The SMILES string of the molecule is CC(C)(C)C(=O)/C(=C\c1ccncc1)n1cncn1. The fraction of sp³-hybridized carbons (Fsp3) is 0.286. The van der Waals surface area contributed by atoms with E-state index >= 15 is 0 Å². The van der Waals surface area contributed by atoms with Crippen LogP contribution in [-0.2, 0) is 4.79 Å². The Morgan fingerprint density at radius 1 is 1.21 bits per heavy atom. The summed E-state index contributed by atoms with van der Waals surface area (Å²) in [5, 5.41) is 4.05. The summed E-state index contributed by atoms with van der Waals surface area (Å²) in [6.07, 6.45) is 8.11. The van der Waals surface area contributed by atoms with Crippen molar-refractivity contribution in [1.82, 2.24) is 19.7 Å². The van der Waals surface area contributed by atoms with Crippen LogP contribution in [0.4, 0.5) is 0 Å². The smallest absolute Gasteiger partial charge is 0.186 e. The number of rotatable bonds is 3. The Hall–Kier alpha value is -2.30. The van der Waals surface area contributed by atoms with Crippen molar-refractivity contribution >= 4 is 17.6 Å². The van der Waals surface area contributed by atoms with Gasteiger partial charge in [0, 0.05) is 17.8 Å². The van der Waals surface area contributed by atoms with Crippen molar-refractivity contribution in [3.8, 4) is 0 Å². The molecule has 0 unspecified atom stereocenters. The predicted molar refractivity (Wildman–Crippen MR) is 72.9 cm³/mol. The Bertz CT molecular complexity index is 580. The van der Waals surface area contributed by atoms with E-state index < -0.39 is 5.41 Å². The van der Waals surface area contributed by atoms with Crippen molar-refractivity contribution < 1.29 is 4.79 Å². The van der Waals surface area contributed by atoms with Crippen LogP contribution in [-0.4, -0.2) is 25.5 Å². The molecule has 2 aromatic rings. The maximum absolute atomic E-state index is 12.5. The number of hydrogen-bond donors (Lipinski definition) is 0. The maximum atomic E-state index is 12.5. The van der Waals surface area contributed by atoms with Gasteiger partial charge in [0.15, 0.2) is 5.78 Å². The monoisotopic (exact) mass is 256 g/mol. The highest BCUT2D eigenvalue weighted by Crippen LogP contribution is 2.23. The highest BCUT2D eigenvalue weighted by Gasteiger charge is 2.26. The van der Waals surface area contributed by atoms with Crippen LogP contribution in [0.25, 0.3) is 11.8 Å². The van der Waals surface area contributed by atoms with E-state index in [1.807, 2.05) is 32.9 Å². The van der Waals surface area contributed by atoms with Gasteiger partial charge in [-0.05, 0) is 23.8 Å². The molecule has 2 heterocycles. The first-order chi connectivity index (χ1) is 8.98. The van der Waals surface area contributed by atoms with Crippen molar-refractivity contribution in [2.24, 2.45) is 5.41 Å². The fourth-order valence-electron chi connectivity index (χ4n) is 1.57. The van der Waals surface area contributed by atoms with Gasteiger partial charge in [0.25, 0.3) is 0 Å². The third kappa shape index (κ3) is 3.13. The van der Waals surface area contributed by atoms with Crippen LogP contribution in [0.15, 0.2) is 37.2 Å². The lowest BCUT2D eigenvalue weighted by Crippen LogP contribution is -2.24. The molecule has 0 saturated carbocycles. The van der Waals surface area contributed by atoms with Gasteiger partial charge in [0.05, 0.1) is 0 Å². The minimum atomic E-state index is -0.481. The van der Waals surface area contributed by atoms with Gasteiger partial charge < -0.3 is 0 Å². The molecule has 0 aliphatic carbocycles. The van der Waals surface area contributed by atoms with Crippen LogP contribution in [0.2, 0.25) is 0 Å². The molecule has 0 radical (unpaired) electrons. The van der Waals surface area contributed by atoms with Crippen molar-refractivity contribution in [2.45, 2.75) is 20.8 Å². The average molecular weight is 256 g/mol. The largest absolute Gasteiger partial charge is 0.292 e. The molecule has 19 heavy (non-hydrogen) atoms. The molecule has 0 saturated heterocycles. The molecule has 0 aliphatic heterocycles. The number of aromatic nitrogens is 4. The summed E-state index contributed by atoms with van der Waals surface area (Å²) in [6.45, 7) is 5.64. The Balaban J connectivity index is 2.47. The summed E-state index contributed by atoms with van der Waals surface area (Å²) in [5.74, 6) is 0.00909. The summed E-state index contributed by atoms with van der Waals surface area (Å²) >= 11 is 0. The van der Waals surface area contributed by atoms with E-state index in [2.05, 4.69) is 15.1 Å². The first-order valence-electron chi connectivity index (χ1n) is 6.00. The second-order valence-electron chi connectivity index (χ2n) is 5.23. The molecular weight excluding hydrogens is 240 g/mol. The first kappa shape index (κ1) is 13.1. The van der Waals surface area contributed by atoms with E-state index in [4.69, 9.17) is 0 Å². The molecule has 0 fully saturated rings. The fourth-order valence-corrected chi connectivity index (χ4v) is 1.57. The molecule has 0 aliphatic rings. The number of hydrogen-bond acceptors (Lipinski definition) is 4. The summed E-state index contributed by atoms with van der Waals surface area (Å²) in [4.78, 5) is 20.4. The molecule has 0 spiro atoms. The number of carbonyl (C=O) groups excluding carboxylic acids is 1. The van der Waals surface area contributed by atoms with E-state index in [-0.39, 0.29) is 5.78 Å². The molecule has 5 heteroatoms. The average Bonchev–Trinajstić information content (AvgIpc) is 2.89. The number of Topliss-reactive ketones (excluding diaryl/α,β-unsaturated/α-hetero) is 1. The molecule has 0 N–H and O–H groups in total. The summed E-state index contributed by atoms with van der Waals surface area (Å²) in [5.41, 5.74) is 0.916. The number of carbonyl (C=O) groups is 1. The van der Waals surface area contributed by atoms with E-state index in [9.17, 15) is 4.79 Å². The zero-order chi connectivity index (χ0) is 13.9. The highest BCUT2D eigenvalue weighted by atomic mass is 16.1. The second-order valence-corrected chi connectivity index (χ2v) is 5.23. The molecule has 98 valence electrons. The van der Waals surface area contributed by atoms with Gasteiger partial charge in [0.1, 0.15) is 18.4 Å². The van der Waals surface area contributed by atoms with Gasteiger partial charge in [-0.25, -0.2) is 9.67 Å². The predicted octanol–water partition coefficient (Wildman–Crippen LogP) is 2.29. The molecule has 0 bridgehead atoms. The summed E-state index contributed by atoms with van der Waals surface area (Å²) < 4.78 is 1.49. The quantitative estimate of drug-likeness (QED) is 0.790. The van der Waals surface area contributed by atoms with Crippen LogP contribution in [0.1, 0.15) is 26.3 Å². The van der Waals surface area contributed by atoms with Crippen LogP contribution in [0, 0.1) is 5.41 Å². The van der Waals surface area contributed by atoms with Crippen LogP contribution < -0.4 is 0 Å². The lowest BCUT2D eigenvalue weighted by Gasteiger charge is -2.18. The van der Waals surface area contributed by atoms with Crippen molar-refractivity contribution in [2.75, 3.05) is 0 Å². The zero-order valence-electron chi connectivity index (χ0n) is 11.2. The normalized spacial score (nSPS) is 12.5. The topological polar surface area (TPSA) is 60.7 Å². The third-order valence-corrected chi connectivity index (χ3v) is 2.59. The Kier molecular flexibility index (Phi) is 3.55. The minimum absolute atomic E-state index is 0.00909. The second kappa shape index (κ2) is 5.14. The van der Waals surface area contributed by atoms with Crippen LogP contribution in [0.5, 0.6) is 0 Å². The maximum Gasteiger partial charge on any atom is 0.186 e. The van der Waals surface area contributed by atoms with Gasteiger partial charge in [-0.1, -0.05) is 20.8 Å². The Morgan fingerprint density at radius 2 is 1.89 bits per heavy atom.